The molecule has 0 aliphatic rings. The molecule has 0 unspecified atom stereocenters. The number of alkyl halides is 3. The first kappa shape index (κ1) is 10.7. The van der Waals surface area contributed by atoms with E-state index in [-0.39, 0.29) is 5.56 Å². The van der Waals surface area contributed by atoms with Crippen LogP contribution < -0.4 is 0 Å². The van der Waals surface area contributed by atoms with Crippen molar-refractivity contribution in [1.29, 1.82) is 0 Å². The molecule has 0 N–H and O–H groups in total. The predicted molar refractivity (Wildman–Crippen MR) is 51.3 cm³/mol. The van der Waals surface area contributed by atoms with Crippen molar-refractivity contribution in [3.63, 3.8) is 0 Å². The molecule has 0 aliphatic carbocycles. The fourth-order valence-corrected chi connectivity index (χ4v) is 1.85. The molecule has 0 atom stereocenters. The third-order valence-corrected chi connectivity index (χ3v) is 2.63. The van der Waals surface area contributed by atoms with Gasteiger partial charge in [0.15, 0.2) is 0 Å². The molecule has 5 heteroatoms. The van der Waals surface area contributed by atoms with Crippen molar-refractivity contribution in [2.45, 2.75) is 19.5 Å². The van der Waals surface area contributed by atoms with Gasteiger partial charge in [0.2, 0.25) is 0 Å². The summed E-state index contributed by atoms with van der Waals surface area (Å²) in [5.41, 5.74) is -0.488. The maximum Gasteiger partial charge on any atom is 0.433 e. The van der Waals surface area contributed by atoms with Gasteiger partial charge in [-0.05, 0) is 40.6 Å². The van der Waals surface area contributed by atoms with Gasteiger partial charge < -0.3 is 0 Å². The Hall–Kier alpha value is -0.330. The normalized spacial score (nSPS) is 11.8. The summed E-state index contributed by atoms with van der Waals surface area (Å²) >= 11 is 1.89. The van der Waals surface area contributed by atoms with E-state index in [1.807, 2.05) is 22.6 Å². The number of nitrogens with zero attached hydrogens (tertiary/aromatic N) is 1. The summed E-state index contributed by atoms with van der Waals surface area (Å²) in [6, 6.07) is 1.58. The maximum atomic E-state index is 12.3. The van der Waals surface area contributed by atoms with Gasteiger partial charge in [0.25, 0.3) is 0 Å². The van der Waals surface area contributed by atoms with E-state index in [1.54, 1.807) is 13.0 Å². The number of hydrogen-bond acceptors (Lipinski definition) is 1. The van der Waals surface area contributed by atoms with E-state index in [4.69, 9.17) is 0 Å². The quantitative estimate of drug-likeness (QED) is 0.726. The van der Waals surface area contributed by atoms with E-state index in [2.05, 4.69) is 4.98 Å². The second kappa shape index (κ2) is 3.81. The third-order valence-electron chi connectivity index (χ3n) is 1.62. The van der Waals surface area contributed by atoms with E-state index in [1.165, 1.54) is 6.20 Å². The predicted octanol–water partition coefficient (Wildman–Crippen LogP) is 3.27. The van der Waals surface area contributed by atoms with Crippen LogP contribution in [-0.4, -0.2) is 4.98 Å². The lowest BCUT2D eigenvalue weighted by molar-refractivity contribution is -0.141. The molecule has 0 spiro atoms. The van der Waals surface area contributed by atoms with E-state index in [0.717, 1.165) is 0 Å². The van der Waals surface area contributed by atoms with E-state index in [9.17, 15) is 13.2 Å². The number of aromatic nitrogens is 1. The molecule has 0 fully saturated rings. The van der Waals surface area contributed by atoms with E-state index in [0.29, 0.717) is 9.99 Å². The molecule has 0 amide bonds. The number of rotatable bonds is 1. The van der Waals surface area contributed by atoms with Crippen LogP contribution in [0.15, 0.2) is 12.3 Å². The zero-order valence-electron chi connectivity index (χ0n) is 6.82. The lowest BCUT2D eigenvalue weighted by atomic mass is 10.1. The summed E-state index contributed by atoms with van der Waals surface area (Å²) in [7, 11) is 0. The molecule has 0 aliphatic heterocycles. The SMILES string of the molecule is CCc1c(I)ccnc1C(F)(F)F. The first-order valence-electron chi connectivity index (χ1n) is 3.67. The van der Waals surface area contributed by atoms with Gasteiger partial charge in [-0.15, -0.1) is 0 Å². The van der Waals surface area contributed by atoms with Gasteiger partial charge in [0.1, 0.15) is 5.69 Å². The summed E-state index contributed by atoms with van der Waals surface area (Å²) in [6.07, 6.45) is -2.81. The maximum absolute atomic E-state index is 12.3. The highest BCUT2D eigenvalue weighted by molar-refractivity contribution is 14.1. The molecule has 0 bridgehead atoms. The second-order valence-electron chi connectivity index (χ2n) is 2.47. The Bertz CT molecular complexity index is 309. The Morgan fingerprint density at radius 2 is 2.08 bits per heavy atom. The molecule has 13 heavy (non-hydrogen) atoms. The van der Waals surface area contributed by atoms with Crippen LogP contribution in [0.25, 0.3) is 0 Å². The molecule has 0 saturated heterocycles. The van der Waals surface area contributed by atoms with Crippen LogP contribution in [0, 0.1) is 3.57 Å². The summed E-state index contributed by atoms with van der Waals surface area (Å²) < 4.78 is 37.7. The molecule has 0 radical (unpaired) electrons. The Kier molecular flexibility index (Phi) is 3.15. The summed E-state index contributed by atoms with van der Waals surface area (Å²) in [4.78, 5) is 3.35. The molecule has 1 nitrogen and oxygen atoms in total. The highest BCUT2D eigenvalue weighted by Gasteiger charge is 2.35. The van der Waals surface area contributed by atoms with Crippen LogP contribution in [0.2, 0.25) is 0 Å². The Balaban J connectivity index is 3.29. The average molecular weight is 301 g/mol. The highest BCUT2D eigenvalue weighted by Crippen LogP contribution is 2.32. The molecule has 72 valence electrons. The van der Waals surface area contributed by atoms with Crippen LogP contribution in [-0.2, 0) is 12.6 Å². The van der Waals surface area contributed by atoms with Gasteiger partial charge in [-0.25, -0.2) is 0 Å². The van der Waals surface area contributed by atoms with Crippen molar-refractivity contribution in [3.8, 4) is 0 Å². The molecule has 0 aromatic carbocycles. The topological polar surface area (TPSA) is 12.9 Å². The lowest BCUT2D eigenvalue weighted by Crippen LogP contribution is -2.12. The summed E-state index contributed by atoms with van der Waals surface area (Å²) in [6.45, 7) is 1.69. The number of pyridine rings is 1. The van der Waals surface area contributed by atoms with Crippen molar-refractivity contribution >= 4 is 22.6 Å². The minimum Gasteiger partial charge on any atom is -0.251 e. The fourth-order valence-electron chi connectivity index (χ4n) is 1.05. The smallest absolute Gasteiger partial charge is 0.251 e. The minimum absolute atomic E-state index is 0.274. The third kappa shape index (κ3) is 2.32. The Morgan fingerprint density at radius 1 is 1.46 bits per heavy atom. The van der Waals surface area contributed by atoms with Crippen LogP contribution >= 0.6 is 22.6 Å². The van der Waals surface area contributed by atoms with Crippen molar-refractivity contribution < 1.29 is 13.2 Å². The van der Waals surface area contributed by atoms with E-state index < -0.39 is 11.9 Å². The van der Waals surface area contributed by atoms with Crippen LogP contribution in [0.1, 0.15) is 18.2 Å². The Morgan fingerprint density at radius 3 is 2.46 bits per heavy atom. The molecule has 1 aromatic heterocycles. The van der Waals surface area contributed by atoms with Crippen molar-refractivity contribution in [2.75, 3.05) is 0 Å². The van der Waals surface area contributed by atoms with Crippen LogP contribution in [0.4, 0.5) is 13.2 Å². The molecule has 0 saturated carbocycles. The molecule has 1 rings (SSSR count). The first-order chi connectivity index (χ1) is 5.96. The Labute approximate surface area is 87.5 Å². The molecular weight excluding hydrogens is 294 g/mol. The fraction of sp³-hybridized carbons (Fsp3) is 0.375. The van der Waals surface area contributed by atoms with Gasteiger partial charge in [-0.1, -0.05) is 6.92 Å². The highest BCUT2D eigenvalue weighted by atomic mass is 127. The van der Waals surface area contributed by atoms with E-state index >= 15 is 0 Å². The minimum atomic E-state index is -4.34. The monoisotopic (exact) mass is 301 g/mol. The molecular formula is C8H7F3IN. The zero-order chi connectivity index (χ0) is 10.1. The van der Waals surface area contributed by atoms with Gasteiger partial charge in [-0.3, -0.25) is 4.98 Å². The summed E-state index contributed by atoms with van der Waals surface area (Å²) in [5.74, 6) is 0. The average Bonchev–Trinajstić information content (AvgIpc) is 2.02. The number of halogens is 4. The number of hydrogen-bond donors (Lipinski definition) is 0. The lowest BCUT2D eigenvalue weighted by Gasteiger charge is -2.11. The zero-order valence-corrected chi connectivity index (χ0v) is 8.98. The molecule has 1 aromatic rings. The first-order valence-corrected chi connectivity index (χ1v) is 4.75. The van der Waals surface area contributed by atoms with Gasteiger partial charge in [0.05, 0.1) is 0 Å². The van der Waals surface area contributed by atoms with Gasteiger partial charge in [-0.2, -0.15) is 13.2 Å². The van der Waals surface area contributed by atoms with Gasteiger partial charge in [0, 0.05) is 9.77 Å². The summed E-state index contributed by atoms with van der Waals surface area (Å²) in [5, 5.41) is 0. The largest absolute Gasteiger partial charge is 0.433 e. The van der Waals surface area contributed by atoms with Crippen molar-refractivity contribution in [3.05, 3.63) is 27.1 Å². The van der Waals surface area contributed by atoms with Crippen molar-refractivity contribution in [1.82, 2.24) is 4.98 Å². The standard InChI is InChI=1S/C8H7F3IN/c1-2-5-6(12)3-4-13-7(5)8(9,10)11/h3-4H,2H2,1H3. The molecule has 1 heterocycles. The van der Waals surface area contributed by atoms with Crippen LogP contribution in [0.5, 0.6) is 0 Å². The van der Waals surface area contributed by atoms with Gasteiger partial charge >= 0.3 is 6.18 Å². The van der Waals surface area contributed by atoms with Crippen LogP contribution in [0.3, 0.4) is 0 Å². The van der Waals surface area contributed by atoms with Crippen molar-refractivity contribution in [2.24, 2.45) is 0 Å². The second-order valence-corrected chi connectivity index (χ2v) is 3.63.